The van der Waals surface area contributed by atoms with Gasteiger partial charge >= 0.3 is 0 Å². The molecule has 0 radical (unpaired) electrons. The van der Waals surface area contributed by atoms with Crippen LogP contribution < -0.4 is 5.73 Å². The molecule has 112 valence electrons. The van der Waals surface area contributed by atoms with Crippen molar-refractivity contribution in [1.82, 2.24) is 4.90 Å². The minimum Gasteiger partial charge on any atom is -0.322 e. The van der Waals surface area contributed by atoms with Crippen LogP contribution in [0.3, 0.4) is 0 Å². The van der Waals surface area contributed by atoms with E-state index >= 15 is 0 Å². The Morgan fingerprint density at radius 1 is 1.20 bits per heavy atom. The molecular formula is C16H24F2N2. The van der Waals surface area contributed by atoms with Crippen LogP contribution in [0, 0.1) is 11.6 Å². The molecule has 2 nitrogen and oxygen atoms in total. The summed E-state index contributed by atoms with van der Waals surface area (Å²) < 4.78 is 27.5. The van der Waals surface area contributed by atoms with Gasteiger partial charge in [0.1, 0.15) is 0 Å². The van der Waals surface area contributed by atoms with E-state index in [9.17, 15) is 8.78 Å². The third-order valence-corrected chi connectivity index (χ3v) is 4.86. The predicted molar refractivity (Wildman–Crippen MR) is 77.4 cm³/mol. The van der Waals surface area contributed by atoms with Gasteiger partial charge in [-0.05, 0) is 44.8 Å². The standard InChI is InChI=1S/C16H24F2N2/c1-3-16(4-2,20-10-5-6-11-20)15(19)12-8-7-9-13(17)14(12)18/h7-9,15H,3-6,10-11,19H2,1-2H3. The summed E-state index contributed by atoms with van der Waals surface area (Å²) in [6, 6.07) is 3.78. The minimum atomic E-state index is -0.819. The maximum Gasteiger partial charge on any atom is 0.163 e. The average molecular weight is 282 g/mol. The Labute approximate surface area is 120 Å². The molecule has 1 aliphatic heterocycles. The van der Waals surface area contributed by atoms with Crippen LogP contribution in [0.4, 0.5) is 8.78 Å². The molecule has 0 saturated carbocycles. The van der Waals surface area contributed by atoms with Crippen molar-refractivity contribution in [2.24, 2.45) is 5.73 Å². The maximum absolute atomic E-state index is 14.1. The van der Waals surface area contributed by atoms with Crippen molar-refractivity contribution in [3.8, 4) is 0 Å². The van der Waals surface area contributed by atoms with E-state index in [-0.39, 0.29) is 5.54 Å². The summed E-state index contributed by atoms with van der Waals surface area (Å²) in [4.78, 5) is 2.36. The van der Waals surface area contributed by atoms with Crippen molar-refractivity contribution in [2.45, 2.75) is 51.1 Å². The van der Waals surface area contributed by atoms with Crippen LogP contribution in [-0.4, -0.2) is 23.5 Å². The van der Waals surface area contributed by atoms with Crippen molar-refractivity contribution in [2.75, 3.05) is 13.1 Å². The van der Waals surface area contributed by atoms with Gasteiger partial charge in [0.15, 0.2) is 11.6 Å². The molecule has 2 rings (SSSR count). The van der Waals surface area contributed by atoms with E-state index < -0.39 is 17.7 Å². The van der Waals surface area contributed by atoms with E-state index in [0.717, 1.165) is 44.8 Å². The second-order valence-electron chi connectivity index (χ2n) is 5.63. The predicted octanol–water partition coefficient (Wildman–Crippen LogP) is 3.62. The number of hydrogen-bond acceptors (Lipinski definition) is 2. The Balaban J connectivity index is 2.40. The third-order valence-electron chi connectivity index (χ3n) is 4.86. The quantitative estimate of drug-likeness (QED) is 0.893. The maximum atomic E-state index is 14.1. The summed E-state index contributed by atoms with van der Waals surface area (Å²) in [5.41, 5.74) is 6.40. The smallest absolute Gasteiger partial charge is 0.163 e. The van der Waals surface area contributed by atoms with Crippen LogP contribution in [0.5, 0.6) is 0 Å². The molecule has 0 aromatic heterocycles. The Hall–Kier alpha value is -1.00. The van der Waals surface area contributed by atoms with Gasteiger partial charge in [0.05, 0.1) is 6.04 Å². The van der Waals surface area contributed by atoms with Gasteiger partial charge in [-0.25, -0.2) is 8.78 Å². The van der Waals surface area contributed by atoms with Crippen molar-refractivity contribution in [3.63, 3.8) is 0 Å². The van der Waals surface area contributed by atoms with Crippen molar-refractivity contribution < 1.29 is 8.78 Å². The number of nitrogens with zero attached hydrogens (tertiary/aromatic N) is 1. The number of hydrogen-bond donors (Lipinski definition) is 1. The number of nitrogens with two attached hydrogens (primary N) is 1. The lowest BCUT2D eigenvalue weighted by Gasteiger charge is -2.45. The van der Waals surface area contributed by atoms with Crippen molar-refractivity contribution in [1.29, 1.82) is 0 Å². The molecule has 1 aromatic rings. The van der Waals surface area contributed by atoms with Gasteiger partial charge in [-0.15, -0.1) is 0 Å². The Bertz CT molecular complexity index is 452. The van der Waals surface area contributed by atoms with Crippen molar-refractivity contribution >= 4 is 0 Å². The average Bonchev–Trinajstić information content (AvgIpc) is 2.98. The molecule has 1 unspecified atom stereocenters. The van der Waals surface area contributed by atoms with Gasteiger partial charge in [0.2, 0.25) is 0 Å². The lowest BCUT2D eigenvalue weighted by Crippen LogP contribution is -2.54. The van der Waals surface area contributed by atoms with Crippen LogP contribution in [0.15, 0.2) is 18.2 Å². The molecule has 1 fully saturated rings. The van der Waals surface area contributed by atoms with Crippen molar-refractivity contribution in [3.05, 3.63) is 35.4 Å². The number of likely N-dealkylation sites (tertiary alicyclic amines) is 1. The molecule has 0 bridgehead atoms. The van der Waals surface area contributed by atoms with E-state index in [4.69, 9.17) is 5.73 Å². The zero-order valence-corrected chi connectivity index (χ0v) is 12.3. The highest BCUT2D eigenvalue weighted by Gasteiger charge is 2.42. The summed E-state index contributed by atoms with van der Waals surface area (Å²) in [6.45, 7) is 6.15. The van der Waals surface area contributed by atoms with Crippen LogP contribution in [0.25, 0.3) is 0 Å². The third kappa shape index (κ3) is 2.47. The number of halogens is 2. The zero-order valence-electron chi connectivity index (χ0n) is 12.3. The molecule has 1 heterocycles. The monoisotopic (exact) mass is 282 g/mol. The first kappa shape index (κ1) is 15.4. The van der Waals surface area contributed by atoms with E-state index in [0.29, 0.717) is 5.56 Å². The Morgan fingerprint density at radius 2 is 1.80 bits per heavy atom. The fourth-order valence-corrected chi connectivity index (χ4v) is 3.55. The van der Waals surface area contributed by atoms with Crippen LogP contribution in [0.2, 0.25) is 0 Å². The molecule has 1 atom stereocenters. The van der Waals surface area contributed by atoms with Crippen LogP contribution >= 0.6 is 0 Å². The lowest BCUT2D eigenvalue weighted by molar-refractivity contribution is 0.0751. The van der Waals surface area contributed by atoms with Crippen LogP contribution in [0.1, 0.15) is 51.1 Å². The zero-order chi connectivity index (χ0) is 14.8. The SMILES string of the molecule is CCC(CC)(C(N)c1cccc(F)c1F)N1CCCC1. The summed E-state index contributed by atoms with van der Waals surface area (Å²) in [6.07, 6.45) is 3.97. The van der Waals surface area contributed by atoms with E-state index in [2.05, 4.69) is 18.7 Å². The molecule has 1 aliphatic rings. The van der Waals surface area contributed by atoms with Crippen LogP contribution in [-0.2, 0) is 0 Å². The summed E-state index contributed by atoms with van der Waals surface area (Å²) in [5.74, 6) is -1.62. The van der Waals surface area contributed by atoms with E-state index in [1.165, 1.54) is 6.07 Å². The Kier molecular flexibility index (Phi) is 4.76. The summed E-state index contributed by atoms with van der Waals surface area (Å²) in [5, 5.41) is 0. The first-order chi connectivity index (χ1) is 9.56. The van der Waals surface area contributed by atoms with Gasteiger partial charge in [0, 0.05) is 11.1 Å². The van der Waals surface area contributed by atoms with E-state index in [1.807, 2.05) is 0 Å². The highest BCUT2D eigenvalue weighted by Crippen LogP contribution is 2.38. The van der Waals surface area contributed by atoms with Gasteiger partial charge < -0.3 is 5.73 Å². The number of benzene rings is 1. The molecule has 0 aliphatic carbocycles. The largest absolute Gasteiger partial charge is 0.322 e. The lowest BCUT2D eigenvalue weighted by atomic mass is 9.79. The summed E-state index contributed by atoms with van der Waals surface area (Å²) in [7, 11) is 0. The fourth-order valence-electron chi connectivity index (χ4n) is 3.55. The summed E-state index contributed by atoms with van der Waals surface area (Å²) >= 11 is 0. The highest BCUT2D eigenvalue weighted by atomic mass is 19.2. The van der Waals surface area contributed by atoms with Gasteiger partial charge in [-0.3, -0.25) is 4.90 Å². The molecule has 1 aromatic carbocycles. The minimum absolute atomic E-state index is 0.287. The normalized spacial score (nSPS) is 18.4. The van der Waals surface area contributed by atoms with Gasteiger partial charge in [-0.1, -0.05) is 26.0 Å². The molecule has 1 saturated heterocycles. The first-order valence-electron chi connectivity index (χ1n) is 7.51. The molecule has 0 spiro atoms. The molecule has 0 amide bonds. The molecule has 2 N–H and O–H groups in total. The molecule has 4 heteroatoms. The van der Waals surface area contributed by atoms with Gasteiger partial charge in [0.25, 0.3) is 0 Å². The second-order valence-corrected chi connectivity index (χ2v) is 5.63. The topological polar surface area (TPSA) is 29.3 Å². The molecule has 20 heavy (non-hydrogen) atoms. The fraction of sp³-hybridized carbons (Fsp3) is 0.625. The number of rotatable bonds is 5. The Morgan fingerprint density at radius 3 is 2.35 bits per heavy atom. The second kappa shape index (κ2) is 6.19. The molecular weight excluding hydrogens is 258 g/mol. The highest BCUT2D eigenvalue weighted by molar-refractivity contribution is 5.26. The first-order valence-corrected chi connectivity index (χ1v) is 7.51. The van der Waals surface area contributed by atoms with Gasteiger partial charge in [-0.2, -0.15) is 0 Å². The van der Waals surface area contributed by atoms with E-state index in [1.54, 1.807) is 6.07 Å².